The van der Waals surface area contributed by atoms with Crippen LogP contribution in [0.2, 0.25) is 0 Å². The van der Waals surface area contributed by atoms with Gasteiger partial charge in [-0.05, 0) is 18.4 Å². The highest BCUT2D eigenvalue weighted by Gasteiger charge is 2.17. The molecule has 0 aliphatic carbocycles. The maximum Gasteiger partial charge on any atom is 0.290 e. The largest absolute Gasteiger partial charge is 0.290 e. The summed E-state index contributed by atoms with van der Waals surface area (Å²) in [6.45, 7) is 4.25. The lowest BCUT2D eigenvalue weighted by atomic mass is 10.0. The molecule has 1 aromatic heterocycles. The van der Waals surface area contributed by atoms with E-state index in [-0.39, 0.29) is 15.4 Å². The topological polar surface area (TPSA) is 56.0 Å². The van der Waals surface area contributed by atoms with Crippen molar-refractivity contribution in [3.63, 3.8) is 0 Å². The third-order valence-corrected chi connectivity index (χ3v) is 2.90. The number of hydrogen-bond acceptors (Lipinski definition) is 3. The van der Waals surface area contributed by atoms with E-state index in [2.05, 4.69) is 34.8 Å². The molecule has 0 radical (unpaired) electrons. The van der Waals surface area contributed by atoms with Gasteiger partial charge in [-0.2, -0.15) is 0 Å². The molecule has 1 rings (SSSR count). The van der Waals surface area contributed by atoms with E-state index < -0.39 is 0 Å². The fourth-order valence-electron chi connectivity index (χ4n) is 1.56. The molecule has 0 spiro atoms. The molecule has 1 heterocycles. The van der Waals surface area contributed by atoms with Gasteiger partial charge in [0.2, 0.25) is 0 Å². The molecule has 0 amide bonds. The van der Waals surface area contributed by atoms with Crippen LogP contribution in [0.5, 0.6) is 0 Å². The molecular weight excluding hydrogens is 272 g/mol. The zero-order valence-corrected chi connectivity index (χ0v) is 11.0. The van der Waals surface area contributed by atoms with Gasteiger partial charge in [0.05, 0.1) is 4.92 Å². The van der Waals surface area contributed by atoms with Crippen molar-refractivity contribution in [3.8, 4) is 0 Å². The molecule has 0 aromatic carbocycles. The fourth-order valence-corrected chi connectivity index (χ4v) is 2.61. The number of pyridine rings is 1. The van der Waals surface area contributed by atoms with E-state index in [0.29, 0.717) is 18.0 Å². The van der Waals surface area contributed by atoms with E-state index in [9.17, 15) is 10.1 Å². The van der Waals surface area contributed by atoms with Crippen molar-refractivity contribution in [1.29, 1.82) is 0 Å². The SMILES string of the molecule is CC(C)CC(Br)Cc1ncccc1[N+](=O)[O-]. The van der Waals surface area contributed by atoms with Crippen LogP contribution in [0.25, 0.3) is 0 Å². The summed E-state index contributed by atoms with van der Waals surface area (Å²) in [5.41, 5.74) is 0.658. The van der Waals surface area contributed by atoms with Crippen molar-refractivity contribution in [1.82, 2.24) is 4.98 Å². The minimum Gasteiger partial charge on any atom is -0.258 e. The summed E-state index contributed by atoms with van der Waals surface area (Å²) >= 11 is 3.54. The van der Waals surface area contributed by atoms with Crippen LogP contribution in [0, 0.1) is 16.0 Å². The minimum absolute atomic E-state index is 0.107. The summed E-state index contributed by atoms with van der Waals surface area (Å²) < 4.78 is 0. The zero-order chi connectivity index (χ0) is 12.1. The van der Waals surface area contributed by atoms with Gasteiger partial charge in [0.25, 0.3) is 5.69 Å². The first-order valence-corrected chi connectivity index (χ1v) is 6.14. The Morgan fingerprint density at radius 1 is 1.56 bits per heavy atom. The Labute approximate surface area is 103 Å². The molecule has 0 aliphatic heterocycles. The van der Waals surface area contributed by atoms with Gasteiger partial charge < -0.3 is 0 Å². The quantitative estimate of drug-likeness (QED) is 0.474. The number of nitrogens with zero attached hydrogens (tertiary/aromatic N) is 2. The molecule has 0 saturated carbocycles. The Morgan fingerprint density at radius 2 is 2.25 bits per heavy atom. The average Bonchev–Trinajstić information content (AvgIpc) is 2.16. The first-order valence-electron chi connectivity index (χ1n) is 5.23. The van der Waals surface area contributed by atoms with Crippen LogP contribution in [0.1, 0.15) is 26.0 Å². The van der Waals surface area contributed by atoms with Crippen LogP contribution in [0.3, 0.4) is 0 Å². The second kappa shape index (κ2) is 5.94. The highest BCUT2D eigenvalue weighted by Crippen LogP contribution is 2.22. The molecule has 4 nitrogen and oxygen atoms in total. The van der Waals surface area contributed by atoms with Crippen molar-refractivity contribution < 1.29 is 4.92 Å². The standard InChI is InChI=1S/C11H15BrN2O2/c1-8(2)6-9(12)7-10-11(14(15)16)4-3-5-13-10/h3-5,8-9H,6-7H2,1-2H3. The van der Waals surface area contributed by atoms with Crippen LogP contribution >= 0.6 is 15.9 Å². The van der Waals surface area contributed by atoms with Gasteiger partial charge in [-0.1, -0.05) is 29.8 Å². The van der Waals surface area contributed by atoms with Crippen LogP contribution in [-0.4, -0.2) is 14.7 Å². The molecule has 0 saturated heterocycles. The molecule has 0 aliphatic rings. The van der Waals surface area contributed by atoms with Gasteiger partial charge in [-0.15, -0.1) is 0 Å². The Morgan fingerprint density at radius 3 is 2.81 bits per heavy atom. The molecule has 1 aromatic rings. The normalized spacial score (nSPS) is 12.8. The van der Waals surface area contributed by atoms with Gasteiger partial charge >= 0.3 is 0 Å². The number of hydrogen-bond donors (Lipinski definition) is 0. The molecule has 0 bridgehead atoms. The first kappa shape index (κ1) is 13.1. The molecule has 0 N–H and O–H groups in total. The van der Waals surface area contributed by atoms with Crippen molar-refractivity contribution in [2.75, 3.05) is 0 Å². The predicted octanol–water partition coefficient (Wildman–Crippen LogP) is 3.34. The molecule has 16 heavy (non-hydrogen) atoms. The predicted molar refractivity (Wildman–Crippen MR) is 66.8 cm³/mol. The molecule has 88 valence electrons. The molecule has 1 unspecified atom stereocenters. The van der Waals surface area contributed by atoms with Gasteiger partial charge in [-0.25, -0.2) is 0 Å². The van der Waals surface area contributed by atoms with E-state index in [1.165, 1.54) is 6.07 Å². The minimum atomic E-state index is -0.378. The van der Waals surface area contributed by atoms with Crippen LogP contribution in [0.4, 0.5) is 5.69 Å². The third-order valence-electron chi connectivity index (χ3n) is 2.20. The Hall–Kier alpha value is -0.970. The summed E-state index contributed by atoms with van der Waals surface area (Å²) in [5.74, 6) is 0.562. The van der Waals surface area contributed by atoms with E-state index in [1.807, 2.05) is 0 Å². The van der Waals surface area contributed by atoms with E-state index in [0.717, 1.165) is 6.42 Å². The van der Waals surface area contributed by atoms with Gasteiger partial charge in [0.15, 0.2) is 0 Å². The highest BCUT2D eigenvalue weighted by atomic mass is 79.9. The molecule has 5 heteroatoms. The Kier molecular flexibility index (Phi) is 4.86. The Bertz CT molecular complexity index is 369. The van der Waals surface area contributed by atoms with Crippen molar-refractivity contribution in [3.05, 3.63) is 34.1 Å². The first-order chi connectivity index (χ1) is 7.50. The summed E-state index contributed by atoms with van der Waals surface area (Å²) in [5, 5.41) is 10.8. The van der Waals surface area contributed by atoms with Gasteiger partial charge in [0.1, 0.15) is 5.69 Å². The Balaban J connectivity index is 2.76. The summed E-state index contributed by atoms with van der Waals surface area (Å²) in [6.07, 6.45) is 3.17. The van der Waals surface area contributed by atoms with E-state index in [1.54, 1.807) is 12.3 Å². The van der Waals surface area contributed by atoms with Crippen molar-refractivity contribution >= 4 is 21.6 Å². The summed E-state index contributed by atoms with van der Waals surface area (Å²) in [4.78, 5) is 14.7. The van der Waals surface area contributed by atoms with Gasteiger partial charge in [-0.3, -0.25) is 15.1 Å². The fraction of sp³-hybridized carbons (Fsp3) is 0.545. The summed E-state index contributed by atoms with van der Waals surface area (Å²) in [7, 11) is 0. The monoisotopic (exact) mass is 286 g/mol. The maximum atomic E-state index is 10.8. The lowest BCUT2D eigenvalue weighted by Gasteiger charge is -2.11. The zero-order valence-electron chi connectivity index (χ0n) is 9.39. The summed E-state index contributed by atoms with van der Waals surface area (Å²) in [6, 6.07) is 3.09. The highest BCUT2D eigenvalue weighted by molar-refractivity contribution is 9.09. The second-order valence-electron chi connectivity index (χ2n) is 4.16. The average molecular weight is 287 g/mol. The third kappa shape index (κ3) is 3.89. The lowest BCUT2D eigenvalue weighted by Crippen LogP contribution is -2.09. The number of alkyl halides is 1. The van der Waals surface area contributed by atoms with Gasteiger partial charge in [0, 0.05) is 23.5 Å². The second-order valence-corrected chi connectivity index (χ2v) is 5.45. The maximum absolute atomic E-state index is 10.8. The molecule has 1 atom stereocenters. The lowest BCUT2D eigenvalue weighted by molar-refractivity contribution is -0.385. The number of aromatic nitrogens is 1. The smallest absolute Gasteiger partial charge is 0.258 e. The van der Waals surface area contributed by atoms with Crippen molar-refractivity contribution in [2.45, 2.75) is 31.5 Å². The molecule has 0 fully saturated rings. The number of nitro groups is 1. The van der Waals surface area contributed by atoms with Crippen LogP contribution < -0.4 is 0 Å². The molecular formula is C11H15BrN2O2. The number of halogens is 1. The van der Waals surface area contributed by atoms with Crippen LogP contribution in [0.15, 0.2) is 18.3 Å². The van der Waals surface area contributed by atoms with E-state index in [4.69, 9.17) is 0 Å². The van der Waals surface area contributed by atoms with Crippen LogP contribution in [-0.2, 0) is 6.42 Å². The van der Waals surface area contributed by atoms with Crippen molar-refractivity contribution in [2.24, 2.45) is 5.92 Å². The number of rotatable bonds is 5. The van der Waals surface area contributed by atoms with E-state index >= 15 is 0 Å².